The molecule has 5 nitrogen and oxygen atoms in total. The van der Waals surface area contributed by atoms with Gasteiger partial charge in [0.25, 0.3) is 0 Å². The fourth-order valence-electron chi connectivity index (χ4n) is 2.70. The maximum Gasteiger partial charge on any atom is 0.231 e. The number of hydrogen-bond donors (Lipinski definition) is 1. The normalized spacial score (nSPS) is 12.6. The molecule has 3 aromatic rings. The van der Waals surface area contributed by atoms with E-state index in [0.29, 0.717) is 0 Å². The number of aromatic nitrogens is 2. The number of rotatable bonds is 4. The Balaban J connectivity index is 1.78. The quantitative estimate of drug-likeness (QED) is 0.793. The average Bonchev–Trinajstić information content (AvgIpc) is 3.07. The summed E-state index contributed by atoms with van der Waals surface area (Å²) in [6, 6.07) is 12.2. The fraction of sp³-hybridized carbons (Fsp3) is 0.222. The van der Waals surface area contributed by atoms with E-state index in [1.54, 1.807) is 6.33 Å². The van der Waals surface area contributed by atoms with Gasteiger partial charge in [-0.15, -0.1) is 0 Å². The van der Waals surface area contributed by atoms with E-state index in [4.69, 9.17) is 9.47 Å². The molecule has 4 rings (SSSR count). The van der Waals surface area contributed by atoms with Gasteiger partial charge < -0.3 is 14.8 Å². The molecule has 0 bridgehead atoms. The van der Waals surface area contributed by atoms with Crippen LogP contribution in [0.2, 0.25) is 0 Å². The molecule has 0 spiro atoms. The first-order chi connectivity index (χ1) is 11.3. The summed E-state index contributed by atoms with van der Waals surface area (Å²) in [4.78, 5) is 8.72. The molecule has 0 saturated heterocycles. The predicted molar refractivity (Wildman–Crippen MR) is 89.9 cm³/mol. The third-order valence-corrected chi connectivity index (χ3v) is 3.88. The van der Waals surface area contributed by atoms with Crippen molar-refractivity contribution in [1.29, 1.82) is 0 Å². The Kier molecular flexibility index (Phi) is 3.46. The van der Waals surface area contributed by atoms with Crippen LogP contribution in [0.5, 0.6) is 11.5 Å². The molecular formula is C18H17N3O2. The molecule has 0 saturated carbocycles. The summed E-state index contributed by atoms with van der Waals surface area (Å²) in [6.07, 6.45) is 2.65. The van der Waals surface area contributed by atoms with E-state index in [0.717, 1.165) is 52.3 Å². The molecule has 0 aliphatic carbocycles. The van der Waals surface area contributed by atoms with Gasteiger partial charge in [-0.05, 0) is 41.8 Å². The van der Waals surface area contributed by atoms with Crippen molar-refractivity contribution in [3.05, 3.63) is 42.7 Å². The monoisotopic (exact) mass is 307 g/mol. The van der Waals surface area contributed by atoms with Crippen LogP contribution in [0, 0.1) is 0 Å². The molecule has 5 heteroatoms. The summed E-state index contributed by atoms with van der Waals surface area (Å²) in [6.45, 7) is 3.31. The van der Waals surface area contributed by atoms with E-state index >= 15 is 0 Å². The maximum absolute atomic E-state index is 5.47. The lowest BCUT2D eigenvalue weighted by Crippen LogP contribution is -2.03. The van der Waals surface area contributed by atoms with Gasteiger partial charge in [-0.25, -0.2) is 9.97 Å². The first-order valence-corrected chi connectivity index (χ1v) is 7.74. The average molecular weight is 307 g/mol. The van der Waals surface area contributed by atoms with E-state index in [1.807, 2.05) is 24.3 Å². The molecule has 1 aliphatic heterocycles. The Bertz CT molecular complexity index is 864. The summed E-state index contributed by atoms with van der Waals surface area (Å²) >= 11 is 0. The van der Waals surface area contributed by atoms with Crippen LogP contribution in [0.15, 0.2) is 42.7 Å². The number of nitrogens with one attached hydrogen (secondary N) is 1. The van der Waals surface area contributed by atoms with Crippen LogP contribution in [-0.2, 0) is 0 Å². The van der Waals surface area contributed by atoms with Crippen molar-refractivity contribution in [3.8, 4) is 22.6 Å². The van der Waals surface area contributed by atoms with E-state index in [1.165, 1.54) is 0 Å². The number of benzene rings is 2. The van der Waals surface area contributed by atoms with E-state index in [2.05, 4.69) is 34.3 Å². The molecule has 0 amide bonds. The fourth-order valence-corrected chi connectivity index (χ4v) is 2.70. The van der Waals surface area contributed by atoms with Crippen molar-refractivity contribution in [2.24, 2.45) is 0 Å². The summed E-state index contributed by atoms with van der Waals surface area (Å²) < 4.78 is 10.8. The molecular weight excluding hydrogens is 290 g/mol. The van der Waals surface area contributed by atoms with Crippen LogP contribution in [-0.4, -0.2) is 23.3 Å². The van der Waals surface area contributed by atoms with Crippen LogP contribution < -0.4 is 14.8 Å². The molecule has 1 aliphatic rings. The highest BCUT2D eigenvalue weighted by molar-refractivity contribution is 5.92. The van der Waals surface area contributed by atoms with E-state index < -0.39 is 0 Å². The minimum Gasteiger partial charge on any atom is -0.454 e. The molecule has 23 heavy (non-hydrogen) atoms. The number of nitrogens with zero attached hydrogens (tertiary/aromatic N) is 2. The number of hydrogen-bond acceptors (Lipinski definition) is 5. The second-order valence-electron chi connectivity index (χ2n) is 5.45. The van der Waals surface area contributed by atoms with Crippen LogP contribution in [0.25, 0.3) is 22.0 Å². The minimum atomic E-state index is 0.287. The summed E-state index contributed by atoms with van der Waals surface area (Å²) in [5, 5.41) is 4.39. The van der Waals surface area contributed by atoms with Gasteiger partial charge in [0.15, 0.2) is 11.5 Å². The first kappa shape index (κ1) is 13.8. The van der Waals surface area contributed by atoms with Crippen LogP contribution in [0.3, 0.4) is 0 Å². The molecule has 1 aromatic heterocycles. The van der Waals surface area contributed by atoms with Crippen molar-refractivity contribution >= 4 is 16.7 Å². The van der Waals surface area contributed by atoms with Gasteiger partial charge in [0.1, 0.15) is 12.1 Å². The summed E-state index contributed by atoms with van der Waals surface area (Å²) in [5.74, 6) is 2.46. The van der Waals surface area contributed by atoms with Gasteiger partial charge in [-0.1, -0.05) is 19.1 Å². The highest BCUT2D eigenvalue weighted by Gasteiger charge is 2.14. The van der Waals surface area contributed by atoms with E-state index in [-0.39, 0.29) is 6.79 Å². The molecule has 1 N–H and O–H groups in total. The summed E-state index contributed by atoms with van der Waals surface area (Å²) in [7, 11) is 0. The molecule has 2 aromatic carbocycles. The zero-order chi connectivity index (χ0) is 15.6. The highest BCUT2D eigenvalue weighted by Crippen LogP contribution is 2.36. The number of ether oxygens (including phenoxy) is 2. The van der Waals surface area contributed by atoms with Gasteiger partial charge in [0, 0.05) is 11.9 Å². The van der Waals surface area contributed by atoms with Gasteiger partial charge in [-0.3, -0.25) is 0 Å². The third-order valence-electron chi connectivity index (χ3n) is 3.88. The Morgan fingerprint density at radius 3 is 2.74 bits per heavy atom. The second kappa shape index (κ2) is 5.76. The van der Waals surface area contributed by atoms with Crippen LogP contribution in [0.1, 0.15) is 13.3 Å². The molecule has 116 valence electrons. The van der Waals surface area contributed by atoms with Gasteiger partial charge in [0.2, 0.25) is 6.79 Å². The zero-order valence-corrected chi connectivity index (χ0v) is 12.9. The largest absolute Gasteiger partial charge is 0.454 e. The van der Waals surface area contributed by atoms with E-state index in [9.17, 15) is 0 Å². The number of fused-ring (bicyclic) bond motifs is 2. The van der Waals surface area contributed by atoms with Crippen molar-refractivity contribution in [2.75, 3.05) is 18.7 Å². The SMILES string of the molecule is CCCNc1ncnc2ccc(-c3ccc4c(c3)OCO4)cc12. The Labute approximate surface area is 134 Å². The second-order valence-corrected chi connectivity index (χ2v) is 5.45. The first-order valence-electron chi connectivity index (χ1n) is 7.74. The van der Waals surface area contributed by atoms with Gasteiger partial charge in [-0.2, -0.15) is 0 Å². The Morgan fingerprint density at radius 1 is 1.00 bits per heavy atom. The zero-order valence-electron chi connectivity index (χ0n) is 12.9. The van der Waals surface area contributed by atoms with Crippen molar-refractivity contribution < 1.29 is 9.47 Å². The summed E-state index contributed by atoms with van der Waals surface area (Å²) in [5.41, 5.74) is 3.12. The van der Waals surface area contributed by atoms with Crippen molar-refractivity contribution in [1.82, 2.24) is 9.97 Å². The third kappa shape index (κ3) is 2.54. The smallest absolute Gasteiger partial charge is 0.231 e. The van der Waals surface area contributed by atoms with Crippen LogP contribution >= 0.6 is 0 Å². The van der Waals surface area contributed by atoms with Crippen LogP contribution in [0.4, 0.5) is 5.82 Å². The maximum atomic E-state index is 5.47. The Morgan fingerprint density at radius 2 is 1.83 bits per heavy atom. The lowest BCUT2D eigenvalue weighted by Gasteiger charge is -2.09. The molecule has 2 heterocycles. The lowest BCUT2D eigenvalue weighted by atomic mass is 10.0. The highest BCUT2D eigenvalue weighted by atomic mass is 16.7. The van der Waals surface area contributed by atoms with Crippen molar-refractivity contribution in [3.63, 3.8) is 0 Å². The molecule has 0 radical (unpaired) electrons. The van der Waals surface area contributed by atoms with Crippen molar-refractivity contribution in [2.45, 2.75) is 13.3 Å². The molecule has 0 fully saturated rings. The topological polar surface area (TPSA) is 56.3 Å². The predicted octanol–water partition coefficient (Wildman–Crippen LogP) is 3.85. The minimum absolute atomic E-state index is 0.287. The Hall–Kier alpha value is -2.82. The molecule has 0 atom stereocenters. The molecule has 0 unspecified atom stereocenters. The van der Waals surface area contributed by atoms with Gasteiger partial charge in [0.05, 0.1) is 5.52 Å². The standard InChI is InChI=1S/C18H17N3O2/c1-2-7-19-18-14-8-12(3-5-15(14)20-10-21-18)13-4-6-16-17(9-13)23-11-22-16/h3-6,8-10H,2,7,11H2,1H3,(H,19,20,21). The lowest BCUT2D eigenvalue weighted by molar-refractivity contribution is 0.174. The van der Waals surface area contributed by atoms with Gasteiger partial charge >= 0.3 is 0 Å². The number of anilines is 1.